The molecule has 18 heavy (non-hydrogen) atoms. The van der Waals surface area contributed by atoms with Gasteiger partial charge in [-0.25, -0.2) is 0 Å². The zero-order valence-corrected chi connectivity index (χ0v) is 12.8. The van der Waals surface area contributed by atoms with Gasteiger partial charge in [-0.1, -0.05) is 11.6 Å². The average Bonchev–Trinajstić information content (AvgIpc) is 2.77. The Hall–Kier alpha value is -0.370. The number of aliphatic hydroxyl groups is 1. The Morgan fingerprint density at radius 2 is 2.28 bits per heavy atom. The molecule has 0 unspecified atom stereocenters. The lowest BCUT2D eigenvalue weighted by atomic mass is 10.1. The Morgan fingerprint density at radius 3 is 2.83 bits per heavy atom. The number of nitrogens with one attached hydrogen (secondary N) is 1. The Balaban J connectivity index is 2.17. The maximum absolute atomic E-state index is 12.3. The van der Waals surface area contributed by atoms with E-state index in [1.807, 2.05) is 6.07 Å². The molecule has 0 aliphatic carbocycles. The van der Waals surface area contributed by atoms with Crippen LogP contribution < -0.4 is 5.32 Å². The number of amides is 1. The highest BCUT2D eigenvalue weighted by molar-refractivity contribution is 14.1. The first-order valence-electron chi connectivity index (χ1n) is 5.61. The van der Waals surface area contributed by atoms with Crippen LogP contribution in [0.5, 0.6) is 0 Å². The molecule has 0 saturated carbocycles. The predicted octanol–water partition coefficient (Wildman–Crippen LogP) is 1.35. The molecule has 0 radical (unpaired) electrons. The fraction of sp³-hybridized carbons (Fsp3) is 0.417. The van der Waals surface area contributed by atoms with Gasteiger partial charge in [0.2, 0.25) is 0 Å². The maximum Gasteiger partial charge on any atom is 0.254 e. The van der Waals surface area contributed by atoms with Gasteiger partial charge in [0, 0.05) is 29.3 Å². The normalized spacial score (nSPS) is 23.1. The molecule has 2 N–H and O–H groups in total. The van der Waals surface area contributed by atoms with Crippen molar-refractivity contribution in [2.45, 2.75) is 12.1 Å². The van der Waals surface area contributed by atoms with Gasteiger partial charge >= 0.3 is 0 Å². The van der Waals surface area contributed by atoms with Crippen LogP contribution in [0.25, 0.3) is 0 Å². The van der Waals surface area contributed by atoms with Gasteiger partial charge in [0.15, 0.2) is 0 Å². The highest BCUT2D eigenvalue weighted by atomic mass is 127. The summed E-state index contributed by atoms with van der Waals surface area (Å²) in [4.78, 5) is 13.8. The number of rotatable bonds is 2. The van der Waals surface area contributed by atoms with Crippen molar-refractivity contribution in [3.63, 3.8) is 0 Å². The van der Waals surface area contributed by atoms with E-state index < -0.39 is 6.10 Å². The van der Waals surface area contributed by atoms with Crippen molar-refractivity contribution in [3.8, 4) is 0 Å². The summed E-state index contributed by atoms with van der Waals surface area (Å²) in [6.45, 7) is 1.14. The van der Waals surface area contributed by atoms with Gasteiger partial charge in [-0.15, -0.1) is 0 Å². The molecule has 2 rings (SSSR count). The van der Waals surface area contributed by atoms with Gasteiger partial charge in [0.1, 0.15) is 0 Å². The minimum Gasteiger partial charge on any atom is -0.390 e. The molecule has 1 aliphatic heterocycles. The van der Waals surface area contributed by atoms with E-state index in [0.29, 0.717) is 23.7 Å². The van der Waals surface area contributed by atoms with Gasteiger partial charge in [0.25, 0.3) is 5.91 Å². The molecule has 4 nitrogen and oxygen atoms in total. The number of halogens is 2. The number of carbonyl (C=O) groups is 1. The first kappa shape index (κ1) is 14.0. The van der Waals surface area contributed by atoms with Crippen LogP contribution in [-0.4, -0.2) is 48.2 Å². The SMILES string of the molecule is CN(C(=O)c1ccc(I)c(Cl)c1)[C@H]1CNC[C@@H]1O. The highest BCUT2D eigenvalue weighted by Crippen LogP contribution is 2.21. The number of aliphatic hydroxyl groups excluding tert-OH is 1. The van der Waals surface area contributed by atoms with Crippen molar-refractivity contribution in [2.24, 2.45) is 0 Å². The monoisotopic (exact) mass is 380 g/mol. The van der Waals surface area contributed by atoms with Crippen LogP contribution >= 0.6 is 34.2 Å². The molecule has 0 aromatic heterocycles. The average molecular weight is 381 g/mol. The summed E-state index contributed by atoms with van der Waals surface area (Å²) < 4.78 is 0.913. The third-order valence-corrected chi connectivity index (χ3v) is 4.71. The number of carbonyl (C=O) groups excluding carboxylic acids is 1. The largest absolute Gasteiger partial charge is 0.390 e. The van der Waals surface area contributed by atoms with Gasteiger partial charge in [0.05, 0.1) is 17.2 Å². The maximum atomic E-state index is 12.3. The molecular weight excluding hydrogens is 367 g/mol. The second-order valence-electron chi connectivity index (χ2n) is 4.34. The Labute approximate surface area is 124 Å². The summed E-state index contributed by atoms with van der Waals surface area (Å²) in [5, 5.41) is 13.4. The molecule has 1 heterocycles. The van der Waals surface area contributed by atoms with Crippen LogP contribution in [0.1, 0.15) is 10.4 Å². The molecule has 1 aromatic carbocycles. The van der Waals surface area contributed by atoms with Crippen molar-refractivity contribution < 1.29 is 9.90 Å². The molecule has 0 bridgehead atoms. The van der Waals surface area contributed by atoms with Gasteiger partial charge in [-0.2, -0.15) is 0 Å². The minimum absolute atomic E-state index is 0.124. The van der Waals surface area contributed by atoms with Crippen molar-refractivity contribution in [2.75, 3.05) is 20.1 Å². The lowest BCUT2D eigenvalue weighted by Crippen LogP contribution is -2.44. The van der Waals surface area contributed by atoms with Crippen molar-refractivity contribution in [1.29, 1.82) is 0 Å². The molecule has 6 heteroatoms. The van der Waals surface area contributed by atoms with Crippen molar-refractivity contribution >= 4 is 40.1 Å². The van der Waals surface area contributed by atoms with E-state index in [-0.39, 0.29) is 11.9 Å². The minimum atomic E-state index is -0.515. The fourth-order valence-electron chi connectivity index (χ4n) is 2.03. The Kier molecular flexibility index (Phi) is 4.47. The number of hydrogen-bond acceptors (Lipinski definition) is 3. The van der Waals surface area contributed by atoms with Gasteiger partial charge in [-0.3, -0.25) is 4.79 Å². The van der Waals surface area contributed by atoms with E-state index in [4.69, 9.17) is 11.6 Å². The third kappa shape index (κ3) is 2.79. The van der Waals surface area contributed by atoms with Crippen LogP contribution in [0, 0.1) is 3.57 Å². The van der Waals surface area contributed by atoms with Crippen LogP contribution in [0.4, 0.5) is 0 Å². The molecule has 1 fully saturated rings. The second kappa shape index (κ2) is 5.73. The standard InChI is InChI=1S/C12H14ClIN2O2/c1-16(10-5-15-6-11(10)17)12(18)7-2-3-9(14)8(13)4-7/h2-4,10-11,15,17H,5-6H2,1H3/t10-,11-/m0/s1. The van der Waals surface area contributed by atoms with E-state index >= 15 is 0 Å². The molecule has 0 spiro atoms. The topological polar surface area (TPSA) is 52.6 Å². The molecule has 1 amide bonds. The van der Waals surface area contributed by atoms with Crippen molar-refractivity contribution in [3.05, 3.63) is 32.4 Å². The zero-order chi connectivity index (χ0) is 13.3. The molecule has 1 saturated heterocycles. The van der Waals surface area contributed by atoms with Crippen molar-refractivity contribution in [1.82, 2.24) is 10.2 Å². The second-order valence-corrected chi connectivity index (χ2v) is 5.91. The summed E-state index contributed by atoms with van der Waals surface area (Å²) in [5.74, 6) is -0.124. The summed E-state index contributed by atoms with van der Waals surface area (Å²) in [6.07, 6.45) is -0.515. The molecule has 1 aliphatic rings. The number of nitrogens with zero attached hydrogens (tertiary/aromatic N) is 1. The third-order valence-electron chi connectivity index (χ3n) is 3.14. The summed E-state index contributed by atoms with van der Waals surface area (Å²) in [6, 6.07) is 5.04. The van der Waals surface area contributed by atoms with E-state index in [2.05, 4.69) is 27.9 Å². The van der Waals surface area contributed by atoms with E-state index in [1.54, 1.807) is 24.1 Å². The lowest BCUT2D eigenvalue weighted by molar-refractivity contribution is 0.0581. The first-order valence-corrected chi connectivity index (χ1v) is 7.07. The van der Waals surface area contributed by atoms with Gasteiger partial charge < -0.3 is 15.3 Å². The van der Waals surface area contributed by atoms with Gasteiger partial charge in [-0.05, 0) is 40.8 Å². The first-order chi connectivity index (χ1) is 8.50. The number of likely N-dealkylation sites (N-methyl/N-ethyl adjacent to an activating group) is 1. The lowest BCUT2D eigenvalue weighted by Gasteiger charge is -2.26. The predicted molar refractivity (Wildman–Crippen MR) is 78.9 cm³/mol. The quantitative estimate of drug-likeness (QED) is 0.762. The molecular formula is C12H14ClIN2O2. The number of hydrogen-bond donors (Lipinski definition) is 2. The smallest absolute Gasteiger partial charge is 0.254 e. The summed E-state index contributed by atoms with van der Waals surface area (Å²) >= 11 is 8.13. The summed E-state index contributed by atoms with van der Waals surface area (Å²) in [7, 11) is 1.70. The highest BCUT2D eigenvalue weighted by Gasteiger charge is 2.31. The molecule has 2 atom stereocenters. The van der Waals surface area contributed by atoms with E-state index in [9.17, 15) is 9.90 Å². The number of benzene rings is 1. The van der Waals surface area contributed by atoms with Crippen LogP contribution in [-0.2, 0) is 0 Å². The molecule has 1 aromatic rings. The van der Waals surface area contributed by atoms with Crippen LogP contribution in [0.3, 0.4) is 0 Å². The van der Waals surface area contributed by atoms with E-state index in [0.717, 1.165) is 3.57 Å². The zero-order valence-electron chi connectivity index (χ0n) is 9.86. The van der Waals surface area contributed by atoms with E-state index in [1.165, 1.54) is 0 Å². The molecule has 98 valence electrons. The summed E-state index contributed by atoms with van der Waals surface area (Å²) in [5.41, 5.74) is 0.544. The van der Waals surface area contributed by atoms with Crippen LogP contribution in [0.2, 0.25) is 5.02 Å². The fourth-order valence-corrected chi connectivity index (χ4v) is 2.55. The Bertz CT molecular complexity index is 469. The Morgan fingerprint density at radius 1 is 1.56 bits per heavy atom. The number of β-amino-alcohol motifs (C(OH)–C–C–N with tert-alkyl or cyclic N) is 1. The van der Waals surface area contributed by atoms with Crippen LogP contribution in [0.15, 0.2) is 18.2 Å².